The van der Waals surface area contributed by atoms with Crippen molar-refractivity contribution in [1.29, 1.82) is 0 Å². The number of amides is 1. The molecule has 0 unspecified atom stereocenters. The first-order chi connectivity index (χ1) is 26.2. The highest BCUT2D eigenvalue weighted by molar-refractivity contribution is 5.90. The van der Waals surface area contributed by atoms with Gasteiger partial charge in [-0.25, -0.2) is 28.7 Å². The number of hydrogen-bond donors (Lipinski definition) is 2. The van der Waals surface area contributed by atoms with E-state index in [1.54, 1.807) is 17.0 Å². The molecule has 2 aromatic carbocycles. The van der Waals surface area contributed by atoms with Gasteiger partial charge in [-0.15, -0.1) is 0 Å². The van der Waals surface area contributed by atoms with Crippen LogP contribution in [0.3, 0.4) is 0 Å². The fourth-order valence-electron chi connectivity index (χ4n) is 6.80. The number of phenolic OH excluding ortho intramolecular Hbond substituents is 2. The Kier molecular flexibility index (Phi) is 9.98. The molecule has 2 aliphatic heterocycles. The molecule has 2 fully saturated rings. The first kappa shape index (κ1) is 35.7. The van der Waals surface area contributed by atoms with Crippen LogP contribution in [0.4, 0.5) is 20.4 Å². The number of benzene rings is 2. The van der Waals surface area contributed by atoms with Crippen LogP contribution >= 0.6 is 0 Å². The molecule has 0 aliphatic carbocycles. The number of aromatic hydroxyl groups is 2. The van der Waals surface area contributed by atoms with Gasteiger partial charge in [-0.2, -0.15) is 0 Å². The summed E-state index contributed by atoms with van der Waals surface area (Å²) in [7, 11) is 0. The lowest BCUT2D eigenvalue weighted by atomic mass is 10.1. The van der Waals surface area contributed by atoms with E-state index < -0.39 is 22.8 Å². The Morgan fingerprint density at radius 3 is 1.56 bits per heavy atom. The summed E-state index contributed by atoms with van der Waals surface area (Å²) >= 11 is 0. The van der Waals surface area contributed by atoms with Gasteiger partial charge in [0.25, 0.3) is 11.1 Å². The molecule has 4 aromatic heterocycles. The zero-order valence-electron chi connectivity index (χ0n) is 29.0. The van der Waals surface area contributed by atoms with Crippen LogP contribution in [0.25, 0.3) is 33.2 Å². The average molecular weight is 736 g/mol. The summed E-state index contributed by atoms with van der Waals surface area (Å²) in [5.74, 6) is -0.856. The van der Waals surface area contributed by atoms with Gasteiger partial charge in [0.2, 0.25) is 5.91 Å². The van der Waals surface area contributed by atoms with Crippen molar-refractivity contribution in [2.24, 2.45) is 0 Å². The lowest BCUT2D eigenvalue weighted by molar-refractivity contribution is -0.126. The van der Waals surface area contributed by atoms with Crippen LogP contribution in [-0.4, -0.2) is 89.4 Å². The van der Waals surface area contributed by atoms with Gasteiger partial charge in [-0.3, -0.25) is 23.5 Å². The second-order valence-electron chi connectivity index (χ2n) is 12.7. The second-order valence-corrected chi connectivity index (χ2v) is 12.7. The largest absolute Gasteiger partial charge is 0.506 e. The molecular weight excluding hydrogens is 700 g/mol. The van der Waals surface area contributed by atoms with Gasteiger partial charge in [0.15, 0.2) is 11.6 Å². The van der Waals surface area contributed by atoms with Crippen LogP contribution in [0.15, 0.2) is 95.8 Å². The molecule has 0 atom stereocenters. The zero-order valence-corrected chi connectivity index (χ0v) is 29.0. The molecule has 0 saturated carbocycles. The number of carbonyl (C=O) groups is 1. The molecule has 2 aliphatic rings. The first-order valence-corrected chi connectivity index (χ1v) is 17.3. The molecule has 8 rings (SSSR count). The van der Waals surface area contributed by atoms with Crippen LogP contribution < -0.4 is 20.9 Å². The Morgan fingerprint density at radius 2 is 1.11 bits per heavy atom. The van der Waals surface area contributed by atoms with Crippen molar-refractivity contribution in [2.45, 2.75) is 19.3 Å². The average Bonchev–Trinajstić information content (AvgIpc) is 3.19. The van der Waals surface area contributed by atoms with E-state index in [-0.39, 0.29) is 39.8 Å². The number of anilines is 2. The Morgan fingerprint density at radius 1 is 0.648 bits per heavy atom. The zero-order chi connectivity index (χ0) is 37.9. The lowest BCUT2D eigenvalue weighted by Gasteiger charge is -2.35. The van der Waals surface area contributed by atoms with Gasteiger partial charge in [-0.05, 0) is 61.7 Å². The molecule has 0 radical (unpaired) electrons. The van der Waals surface area contributed by atoms with Crippen LogP contribution in [-0.2, 0) is 4.79 Å². The molecule has 6 aromatic rings. The van der Waals surface area contributed by atoms with Crippen molar-refractivity contribution in [2.75, 3.05) is 49.1 Å². The maximum Gasteiger partial charge on any atom is 0.281 e. The molecule has 16 heteroatoms. The van der Waals surface area contributed by atoms with Crippen molar-refractivity contribution in [3.63, 3.8) is 0 Å². The molecule has 14 nitrogen and oxygen atoms in total. The SMILES string of the molecule is C=CC(=O)N1CCN(c2ncnc3c(=O)n(-c4c(O)cccc4F)ccc23)CC1.O=c1c2ncnc(N3CCCCC3)c2ccn1-c1c(O)cccc1F. The Hall–Kier alpha value is -6.71. The summed E-state index contributed by atoms with van der Waals surface area (Å²) in [5, 5.41) is 21.1. The molecule has 276 valence electrons. The highest BCUT2D eigenvalue weighted by atomic mass is 19.1. The van der Waals surface area contributed by atoms with Gasteiger partial charge in [-0.1, -0.05) is 18.7 Å². The first-order valence-electron chi connectivity index (χ1n) is 17.3. The molecule has 54 heavy (non-hydrogen) atoms. The molecular formula is C38H35F2N9O5. The fraction of sp³-hybridized carbons (Fsp3) is 0.237. The van der Waals surface area contributed by atoms with Gasteiger partial charge in [0, 0.05) is 51.7 Å². The monoisotopic (exact) mass is 735 g/mol. The predicted molar refractivity (Wildman–Crippen MR) is 199 cm³/mol. The number of aromatic nitrogens is 6. The molecule has 0 spiro atoms. The van der Waals surface area contributed by atoms with Crippen molar-refractivity contribution in [3.05, 3.63) is 119 Å². The fourth-order valence-corrected chi connectivity index (χ4v) is 6.80. The van der Waals surface area contributed by atoms with E-state index >= 15 is 0 Å². The Balaban J connectivity index is 0.000000168. The standard InChI is InChI=1S/C20H18FN5O3.C18H17FN4O2/c1-2-16(28)24-8-10-25(11-9-24)19-13-6-7-26(20(29)17(13)22-12-23-19)18-14(21)4-3-5-15(18)27;19-13-5-4-6-14(24)16(13)23-10-7-12-15(18(23)25)20-11-21-17(12)22-8-2-1-3-9-22/h2-7,12,27H,1,8-11H2;4-7,10-11,24H,1-3,8-9H2. The van der Waals surface area contributed by atoms with E-state index in [1.807, 2.05) is 4.90 Å². The number of carbonyl (C=O) groups excluding carboxylic acids is 1. The number of para-hydroxylation sites is 2. The van der Waals surface area contributed by atoms with Crippen LogP contribution in [0.1, 0.15) is 19.3 Å². The van der Waals surface area contributed by atoms with E-state index in [1.165, 1.54) is 73.9 Å². The third-order valence-electron chi connectivity index (χ3n) is 9.48. The number of phenols is 2. The van der Waals surface area contributed by atoms with Crippen molar-refractivity contribution < 1.29 is 23.8 Å². The number of fused-ring (bicyclic) bond motifs is 2. The number of halogens is 2. The van der Waals surface area contributed by atoms with Crippen LogP contribution in [0.5, 0.6) is 11.5 Å². The van der Waals surface area contributed by atoms with E-state index in [9.17, 15) is 33.4 Å². The number of hydrogen-bond acceptors (Lipinski definition) is 11. The van der Waals surface area contributed by atoms with Gasteiger partial charge >= 0.3 is 0 Å². The number of piperidine rings is 1. The second kappa shape index (κ2) is 15.1. The van der Waals surface area contributed by atoms with Gasteiger partial charge < -0.3 is 24.9 Å². The van der Waals surface area contributed by atoms with Gasteiger partial charge in [0.05, 0.1) is 10.8 Å². The Bertz CT molecular complexity index is 2470. The molecule has 2 N–H and O–H groups in total. The minimum atomic E-state index is -0.719. The van der Waals surface area contributed by atoms with Crippen molar-refractivity contribution in [3.8, 4) is 22.9 Å². The van der Waals surface area contributed by atoms with Crippen molar-refractivity contribution in [1.82, 2.24) is 34.0 Å². The number of nitrogens with zero attached hydrogens (tertiary/aromatic N) is 9. The Labute approximate surface area is 306 Å². The highest BCUT2D eigenvalue weighted by Gasteiger charge is 2.24. The van der Waals surface area contributed by atoms with E-state index in [0.29, 0.717) is 42.8 Å². The number of piperazine rings is 1. The summed E-state index contributed by atoms with van der Waals surface area (Å²) in [6, 6.07) is 11.1. The van der Waals surface area contributed by atoms with Gasteiger partial charge in [0.1, 0.15) is 58.2 Å². The maximum absolute atomic E-state index is 14.2. The molecule has 6 heterocycles. The molecule has 0 bridgehead atoms. The van der Waals surface area contributed by atoms with E-state index in [0.717, 1.165) is 40.9 Å². The van der Waals surface area contributed by atoms with Crippen molar-refractivity contribution >= 4 is 39.3 Å². The lowest BCUT2D eigenvalue weighted by Crippen LogP contribution is -2.48. The predicted octanol–water partition coefficient (Wildman–Crippen LogP) is 4.08. The summed E-state index contributed by atoms with van der Waals surface area (Å²) in [6.07, 6.45) is 10.2. The van der Waals surface area contributed by atoms with Crippen LogP contribution in [0, 0.1) is 11.6 Å². The normalized spacial score (nSPS) is 14.5. The number of rotatable bonds is 5. The molecule has 2 saturated heterocycles. The minimum absolute atomic E-state index is 0.116. The summed E-state index contributed by atoms with van der Waals surface area (Å²) in [4.78, 5) is 60.3. The smallest absolute Gasteiger partial charge is 0.281 e. The topological polar surface area (TPSA) is 163 Å². The van der Waals surface area contributed by atoms with Crippen LogP contribution in [0.2, 0.25) is 0 Å². The summed E-state index contributed by atoms with van der Waals surface area (Å²) < 4.78 is 30.5. The van der Waals surface area contributed by atoms with E-state index in [2.05, 4.69) is 31.4 Å². The third kappa shape index (κ3) is 6.68. The summed E-state index contributed by atoms with van der Waals surface area (Å²) in [6.45, 7) is 7.40. The highest BCUT2D eigenvalue weighted by Crippen LogP contribution is 2.28. The summed E-state index contributed by atoms with van der Waals surface area (Å²) in [5.41, 5.74) is -1.13. The third-order valence-corrected chi connectivity index (χ3v) is 9.48. The number of pyridine rings is 2. The minimum Gasteiger partial charge on any atom is -0.506 e. The quantitative estimate of drug-likeness (QED) is 0.246. The molecule has 1 amide bonds. The maximum atomic E-state index is 14.2. The van der Waals surface area contributed by atoms with E-state index in [4.69, 9.17) is 0 Å².